The maximum Gasteiger partial charge on any atom is 0.261 e. The van der Waals surface area contributed by atoms with Gasteiger partial charge in [-0.2, -0.15) is 0 Å². The summed E-state index contributed by atoms with van der Waals surface area (Å²) >= 11 is 0. The van der Waals surface area contributed by atoms with Crippen LogP contribution < -0.4 is 5.32 Å². The minimum absolute atomic E-state index is 0.0848. The number of aryl methyl sites for hydroxylation is 1. The third-order valence-electron chi connectivity index (χ3n) is 4.79. The molecule has 3 amide bonds. The van der Waals surface area contributed by atoms with Crippen LogP contribution in [0.5, 0.6) is 0 Å². The lowest BCUT2D eigenvalue weighted by Gasteiger charge is -2.13. The maximum atomic E-state index is 12.8. The van der Waals surface area contributed by atoms with Crippen LogP contribution in [0.4, 0.5) is 4.39 Å². The number of halogens is 1. The zero-order valence-electron chi connectivity index (χ0n) is 15.6. The molecular formula is C22H23FN2O3. The number of amides is 3. The standard InChI is InChI=1S/C22H23FN2O3/c23-17-12-10-16(11-13-17)6-3-4-14-24-20(26)9-5-15-25-21(27)18-7-1-2-8-19(18)22(25)28/h1-2,7-8,10-13H,3-6,9,14-15H2,(H,24,26). The zero-order chi connectivity index (χ0) is 19.9. The van der Waals surface area contributed by atoms with Crippen LogP contribution in [0, 0.1) is 5.82 Å². The van der Waals surface area contributed by atoms with Crippen LogP contribution >= 0.6 is 0 Å². The highest BCUT2D eigenvalue weighted by atomic mass is 19.1. The number of nitrogens with zero attached hydrogens (tertiary/aromatic N) is 1. The van der Waals surface area contributed by atoms with Gasteiger partial charge in [0.25, 0.3) is 11.8 Å². The lowest BCUT2D eigenvalue weighted by Crippen LogP contribution is -2.32. The topological polar surface area (TPSA) is 66.5 Å². The molecule has 6 heteroatoms. The number of unbranched alkanes of at least 4 members (excludes halogenated alkanes) is 1. The van der Waals surface area contributed by atoms with Crippen molar-refractivity contribution in [3.8, 4) is 0 Å². The number of fused-ring (bicyclic) bond motifs is 1. The average Bonchev–Trinajstić information content (AvgIpc) is 2.94. The number of hydrogen-bond donors (Lipinski definition) is 1. The predicted molar refractivity (Wildman–Crippen MR) is 103 cm³/mol. The van der Waals surface area contributed by atoms with Gasteiger partial charge < -0.3 is 5.32 Å². The highest BCUT2D eigenvalue weighted by molar-refractivity contribution is 6.21. The van der Waals surface area contributed by atoms with Gasteiger partial charge in [-0.15, -0.1) is 0 Å². The smallest absolute Gasteiger partial charge is 0.261 e. The number of nitrogens with one attached hydrogen (secondary N) is 1. The molecule has 1 aliphatic rings. The summed E-state index contributed by atoms with van der Waals surface area (Å²) in [6, 6.07) is 13.2. The Morgan fingerprint density at radius 3 is 2.18 bits per heavy atom. The van der Waals surface area contributed by atoms with Gasteiger partial charge in [0.1, 0.15) is 5.82 Å². The summed E-state index contributed by atoms with van der Waals surface area (Å²) in [5.41, 5.74) is 1.94. The van der Waals surface area contributed by atoms with Crippen LogP contribution in [-0.2, 0) is 11.2 Å². The Hall–Kier alpha value is -3.02. The average molecular weight is 382 g/mol. The third-order valence-corrected chi connectivity index (χ3v) is 4.79. The molecule has 0 bridgehead atoms. The van der Waals surface area contributed by atoms with Crippen LogP contribution in [0.3, 0.4) is 0 Å². The van der Waals surface area contributed by atoms with Crippen LogP contribution in [0.15, 0.2) is 48.5 Å². The Kier molecular flexibility index (Phi) is 6.53. The molecule has 0 aliphatic carbocycles. The molecule has 0 fully saturated rings. The summed E-state index contributed by atoms with van der Waals surface area (Å²) in [5, 5.41) is 2.86. The van der Waals surface area contributed by atoms with Crippen molar-refractivity contribution in [1.29, 1.82) is 0 Å². The largest absolute Gasteiger partial charge is 0.356 e. The third kappa shape index (κ3) is 4.82. The molecule has 146 valence electrons. The lowest BCUT2D eigenvalue weighted by atomic mass is 10.1. The van der Waals surface area contributed by atoms with Gasteiger partial charge in [-0.25, -0.2) is 4.39 Å². The van der Waals surface area contributed by atoms with Gasteiger partial charge in [0.15, 0.2) is 0 Å². The molecule has 0 aromatic heterocycles. The second-order valence-electron chi connectivity index (χ2n) is 6.84. The number of carbonyl (C=O) groups is 3. The van der Waals surface area contributed by atoms with E-state index in [1.165, 1.54) is 17.0 Å². The van der Waals surface area contributed by atoms with E-state index in [4.69, 9.17) is 0 Å². The van der Waals surface area contributed by atoms with Crippen LogP contribution in [0.1, 0.15) is 52.0 Å². The van der Waals surface area contributed by atoms with Crippen molar-refractivity contribution >= 4 is 17.7 Å². The molecule has 0 atom stereocenters. The molecule has 0 saturated heterocycles. The highest BCUT2D eigenvalue weighted by Gasteiger charge is 2.34. The Bertz CT molecular complexity index is 829. The Balaban J connectivity index is 1.30. The molecule has 1 heterocycles. The molecule has 0 saturated carbocycles. The second kappa shape index (κ2) is 9.26. The predicted octanol–water partition coefficient (Wildman–Crippen LogP) is 3.34. The molecule has 0 radical (unpaired) electrons. The van der Waals surface area contributed by atoms with Crippen molar-refractivity contribution in [3.05, 3.63) is 71.0 Å². The summed E-state index contributed by atoms with van der Waals surface area (Å²) in [7, 11) is 0. The van der Waals surface area contributed by atoms with E-state index in [0.717, 1.165) is 24.8 Å². The molecule has 0 unspecified atom stereocenters. The Morgan fingerprint density at radius 2 is 1.54 bits per heavy atom. The van der Waals surface area contributed by atoms with E-state index in [1.54, 1.807) is 36.4 Å². The molecule has 28 heavy (non-hydrogen) atoms. The fraction of sp³-hybridized carbons (Fsp3) is 0.318. The van der Waals surface area contributed by atoms with Gasteiger partial charge in [-0.05, 0) is 55.5 Å². The van der Waals surface area contributed by atoms with Crippen LogP contribution in [-0.4, -0.2) is 35.7 Å². The van der Waals surface area contributed by atoms with Gasteiger partial charge >= 0.3 is 0 Å². The van der Waals surface area contributed by atoms with E-state index < -0.39 is 0 Å². The van der Waals surface area contributed by atoms with Gasteiger partial charge in [0.05, 0.1) is 11.1 Å². The number of carbonyl (C=O) groups excluding carboxylic acids is 3. The summed E-state index contributed by atoms with van der Waals surface area (Å²) in [6.07, 6.45) is 3.29. The first kappa shape index (κ1) is 19.7. The molecule has 2 aromatic carbocycles. The first-order valence-corrected chi connectivity index (χ1v) is 9.52. The highest BCUT2D eigenvalue weighted by Crippen LogP contribution is 2.22. The monoisotopic (exact) mass is 382 g/mol. The minimum atomic E-state index is -0.290. The number of imide groups is 1. The molecule has 1 N–H and O–H groups in total. The van der Waals surface area contributed by atoms with Gasteiger partial charge in [-0.1, -0.05) is 24.3 Å². The van der Waals surface area contributed by atoms with Crippen molar-refractivity contribution in [2.75, 3.05) is 13.1 Å². The SMILES string of the molecule is O=C(CCCN1C(=O)c2ccccc2C1=O)NCCCCc1ccc(F)cc1. The van der Waals surface area contributed by atoms with E-state index in [0.29, 0.717) is 24.1 Å². The van der Waals surface area contributed by atoms with Crippen molar-refractivity contribution in [2.45, 2.75) is 32.1 Å². The van der Waals surface area contributed by atoms with Gasteiger partial charge in [-0.3, -0.25) is 19.3 Å². The molecular weight excluding hydrogens is 359 g/mol. The van der Waals surface area contributed by atoms with E-state index in [-0.39, 0.29) is 36.5 Å². The fourth-order valence-corrected chi connectivity index (χ4v) is 3.26. The molecule has 1 aliphatic heterocycles. The van der Waals surface area contributed by atoms with E-state index >= 15 is 0 Å². The van der Waals surface area contributed by atoms with Crippen LogP contribution in [0.25, 0.3) is 0 Å². The van der Waals surface area contributed by atoms with Crippen molar-refractivity contribution in [3.63, 3.8) is 0 Å². The first-order chi connectivity index (χ1) is 13.6. The van der Waals surface area contributed by atoms with E-state index in [1.807, 2.05) is 0 Å². The Morgan fingerprint density at radius 1 is 0.893 bits per heavy atom. The van der Waals surface area contributed by atoms with Crippen molar-refractivity contribution in [1.82, 2.24) is 10.2 Å². The van der Waals surface area contributed by atoms with E-state index in [9.17, 15) is 18.8 Å². The first-order valence-electron chi connectivity index (χ1n) is 9.52. The summed E-state index contributed by atoms with van der Waals surface area (Å²) in [6.45, 7) is 0.817. The Labute approximate surface area is 163 Å². The van der Waals surface area contributed by atoms with Crippen molar-refractivity contribution < 1.29 is 18.8 Å². The summed E-state index contributed by atoms with van der Waals surface area (Å²) in [4.78, 5) is 37.6. The fourth-order valence-electron chi connectivity index (χ4n) is 3.26. The lowest BCUT2D eigenvalue weighted by molar-refractivity contribution is -0.121. The molecule has 3 rings (SSSR count). The minimum Gasteiger partial charge on any atom is -0.356 e. The molecule has 0 spiro atoms. The van der Waals surface area contributed by atoms with Gasteiger partial charge in [0.2, 0.25) is 5.91 Å². The maximum absolute atomic E-state index is 12.8. The number of rotatable bonds is 9. The van der Waals surface area contributed by atoms with E-state index in [2.05, 4.69) is 5.32 Å². The summed E-state index contributed by atoms with van der Waals surface area (Å²) < 4.78 is 12.8. The number of benzene rings is 2. The normalized spacial score (nSPS) is 13.0. The van der Waals surface area contributed by atoms with Crippen molar-refractivity contribution in [2.24, 2.45) is 0 Å². The van der Waals surface area contributed by atoms with Gasteiger partial charge in [0, 0.05) is 19.5 Å². The summed E-state index contributed by atoms with van der Waals surface area (Å²) in [5.74, 6) is -0.904. The second-order valence-corrected chi connectivity index (χ2v) is 6.84. The zero-order valence-corrected chi connectivity index (χ0v) is 15.6. The van der Waals surface area contributed by atoms with Crippen LogP contribution in [0.2, 0.25) is 0 Å². The number of hydrogen-bond acceptors (Lipinski definition) is 3. The molecule has 5 nitrogen and oxygen atoms in total. The quantitative estimate of drug-likeness (QED) is 0.534. The molecule has 2 aromatic rings.